The molecule has 0 aliphatic carbocycles. The predicted octanol–water partition coefficient (Wildman–Crippen LogP) is 2.18. The third-order valence-corrected chi connectivity index (χ3v) is 3.49. The summed E-state index contributed by atoms with van der Waals surface area (Å²) in [4.78, 5) is 11.8. The van der Waals surface area contributed by atoms with E-state index in [4.69, 9.17) is 0 Å². The Labute approximate surface area is 109 Å². The molecule has 98 valence electrons. The van der Waals surface area contributed by atoms with Crippen LogP contribution in [0.5, 0.6) is 0 Å². The zero-order valence-corrected chi connectivity index (χ0v) is 11.2. The quantitative estimate of drug-likeness (QED) is 0.855. The second kappa shape index (κ2) is 6.01. The van der Waals surface area contributed by atoms with Crippen LogP contribution < -0.4 is 10.6 Å². The van der Waals surface area contributed by atoms with Gasteiger partial charge in [0.15, 0.2) is 0 Å². The lowest BCUT2D eigenvalue weighted by molar-refractivity contribution is -0.122. The molecule has 0 spiro atoms. The minimum Gasteiger partial charge on any atom is -0.351 e. The maximum absolute atomic E-state index is 11.8. The van der Waals surface area contributed by atoms with E-state index in [9.17, 15) is 4.79 Å². The Hall–Kier alpha value is -1.35. The fraction of sp³-hybridized carbons (Fsp3) is 0.533. The fourth-order valence-corrected chi connectivity index (χ4v) is 2.24. The number of amides is 1. The molecular formula is C15H22N2O. The zero-order chi connectivity index (χ0) is 13.0. The molecule has 1 fully saturated rings. The molecule has 0 aromatic heterocycles. The van der Waals surface area contributed by atoms with Gasteiger partial charge in [0.1, 0.15) is 0 Å². The summed E-state index contributed by atoms with van der Waals surface area (Å²) in [6, 6.07) is 8.48. The summed E-state index contributed by atoms with van der Waals surface area (Å²) in [7, 11) is 0. The molecular weight excluding hydrogens is 224 g/mol. The number of nitrogens with one attached hydrogen (secondary N) is 2. The third kappa shape index (κ3) is 3.33. The normalized spacial score (nSPS) is 19.2. The number of benzene rings is 1. The number of hydrogen-bond acceptors (Lipinski definition) is 2. The molecule has 1 aliphatic rings. The van der Waals surface area contributed by atoms with Crippen molar-refractivity contribution in [3.05, 3.63) is 35.4 Å². The van der Waals surface area contributed by atoms with Crippen LogP contribution in [0.3, 0.4) is 0 Å². The summed E-state index contributed by atoms with van der Waals surface area (Å²) >= 11 is 0. The maximum Gasteiger partial charge on any atom is 0.237 e. The van der Waals surface area contributed by atoms with E-state index in [0.29, 0.717) is 12.5 Å². The third-order valence-electron chi connectivity index (χ3n) is 3.49. The van der Waals surface area contributed by atoms with Crippen molar-refractivity contribution in [3.8, 4) is 0 Å². The molecule has 1 atom stereocenters. The van der Waals surface area contributed by atoms with Crippen molar-refractivity contribution in [1.29, 1.82) is 0 Å². The van der Waals surface area contributed by atoms with Gasteiger partial charge >= 0.3 is 0 Å². The van der Waals surface area contributed by atoms with Crippen LogP contribution in [0.1, 0.15) is 43.7 Å². The van der Waals surface area contributed by atoms with Crippen LogP contribution in [0, 0.1) is 0 Å². The lowest BCUT2D eigenvalue weighted by atomic mass is 10.0. The molecule has 2 N–H and O–H groups in total. The van der Waals surface area contributed by atoms with Crippen molar-refractivity contribution >= 4 is 5.91 Å². The van der Waals surface area contributed by atoms with Crippen LogP contribution in [-0.4, -0.2) is 18.5 Å². The second-order valence-corrected chi connectivity index (χ2v) is 5.26. The highest BCUT2D eigenvalue weighted by Crippen LogP contribution is 2.14. The van der Waals surface area contributed by atoms with Crippen molar-refractivity contribution < 1.29 is 4.79 Å². The van der Waals surface area contributed by atoms with Gasteiger partial charge in [0.05, 0.1) is 6.04 Å². The molecule has 1 aliphatic heterocycles. The molecule has 3 nitrogen and oxygen atoms in total. The van der Waals surface area contributed by atoms with E-state index in [1.165, 1.54) is 5.56 Å². The molecule has 2 rings (SSSR count). The van der Waals surface area contributed by atoms with E-state index in [1.54, 1.807) is 0 Å². The molecule has 1 aromatic carbocycles. The first kappa shape index (κ1) is 13.1. The number of hydrogen-bond donors (Lipinski definition) is 2. The molecule has 1 saturated heterocycles. The van der Waals surface area contributed by atoms with E-state index >= 15 is 0 Å². The fourth-order valence-electron chi connectivity index (χ4n) is 2.24. The standard InChI is InChI=1S/C15H22N2O/c1-11(2)13-7-5-12(6-8-13)10-17-15(18)14-4-3-9-16-14/h5-8,11,14,16H,3-4,9-10H2,1-2H3,(H,17,18)/t14-/m0/s1. The Morgan fingerprint density at radius 2 is 2.11 bits per heavy atom. The number of carbonyl (C=O) groups is 1. The van der Waals surface area contributed by atoms with E-state index in [0.717, 1.165) is 24.9 Å². The highest BCUT2D eigenvalue weighted by atomic mass is 16.2. The topological polar surface area (TPSA) is 41.1 Å². The van der Waals surface area contributed by atoms with Gasteiger partial charge in [-0.15, -0.1) is 0 Å². The van der Waals surface area contributed by atoms with Crippen molar-refractivity contribution in [3.63, 3.8) is 0 Å². The molecule has 0 bridgehead atoms. The maximum atomic E-state index is 11.8. The molecule has 0 radical (unpaired) electrons. The van der Waals surface area contributed by atoms with E-state index in [1.807, 2.05) is 0 Å². The van der Waals surface area contributed by atoms with Crippen molar-refractivity contribution in [1.82, 2.24) is 10.6 Å². The van der Waals surface area contributed by atoms with E-state index in [-0.39, 0.29) is 11.9 Å². The summed E-state index contributed by atoms with van der Waals surface area (Å²) in [6.07, 6.45) is 2.05. The average molecular weight is 246 g/mol. The van der Waals surface area contributed by atoms with Gasteiger partial charge in [-0.05, 0) is 36.4 Å². The van der Waals surface area contributed by atoms with Crippen LogP contribution in [0.25, 0.3) is 0 Å². The van der Waals surface area contributed by atoms with Gasteiger partial charge < -0.3 is 10.6 Å². The smallest absolute Gasteiger partial charge is 0.237 e. The first-order valence-corrected chi connectivity index (χ1v) is 6.77. The summed E-state index contributed by atoms with van der Waals surface area (Å²) < 4.78 is 0. The Morgan fingerprint density at radius 1 is 1.39 bits per heavy atom. The van der Waals surface area contributed by atoms with Gasteiger partial charge in [0, 0.05) is 6.54 Å². The lowest BCUT2D eigenvalue weighted by Gasteiger charge is -2.12. The second-order valence-electron chi connectivity index (χ2n) is 5.26. The Kier molecular flexibility index (Phi) is 4.37. The largest absolute Gasteiger partial charge is 0.351 e. The molecule has 1 amide bonds. The summed E-state index contributed by atoms with van der Waals surface area (Å²) in [6.45, 7) is 5.95. The van der Waals surface area contributed by atoms with Crippen LogP contribution in [0.2, 0.25) is 0 Å². The SMILES string of the molecule is CC(C)c1ccc(CNC(=O)[C@@H]2CCCN2)cc1. The predicted molar refractivity (Wildman–Crippen MR) is 73.4 cm³/mol. The molecule has 1 heterocycles. The first-order chi connectivity index (χ1) is 8.66. The van der Waals surface area contributed by atoms with Crippen molar-refractivity contribution in [2.24, 2.45) is 0 Å². The summed E-state index contributed by atoms with van der Waals surface area (Å²) in [5.41, 5.74) is 2.49. The van der Waals surface area contributed by atoms with Crippen molar-refractivity contribution in [2.75, 3.05) is 6.54 Å². The van der Waals surface area contributed by atoms with E-state index < -0.39 is 0 Å². The first-order valence-electron chi connectivity index (χ1n) is 6.77. The van der Waals surface area contributed by atoms with Gasteiger partial charge in [0.2, 0.25) is 5.91 Å². The average Bonchev–Trinajstić information content (AvgIpc) is 2.90. The zero-order valence-electron chi connectivity index (χ0n) is 11.2. The van der Waals surface area contributed by atoms with Gasteiger partial charge in [-0.1, -0.05) is 38.1 Å². The number of carbonyl (C=O) groups excluding carboxylic acids is 1. The highest BCUT2D eigenvalue weighted by Gasteiger charge is 2.21. The summed E-state index contributed by atoms with van der Waals surface area (Å²) in [5, 5.41) is 6.19. The van der Waals surface area contributed by atoms with Crippen LogP contribution in [0.4, 0.5) is 0 Å². The highest BCUT2D eigenvalue weighted by molar-refractivity contribution is 5.81. The molecule has 3 heteroatoms. The van der Waals surface area contributed by atoms with Crippen LogP contribution in [-0.2, 0) is 11.3 Å². The lowest BCUT2D eigenvalue weighted by Crippen LogP contribution is -2.39. The molecule has 0 saturated carbocycles. The van der Waals surface area contributed by atoms with E-state index in [2.05, 4.69) is 48.7 Å². The number of rotatable bonds is 4. The van der Waals surface area contributed by atoms with Crippen LogP contribution in [0.15, 0.2) is 24.3 Å². The summed E-state index contributed by atoms with van der Waals surface area (Å²) in [5.74, 6) is 0.678. The molecule has 0 unspecified atom stereocenters. The monoisotopic (exact) mass is 246 g/mol. The Balaban J connectivity index is 1.84. The van der Waals surface area contributed by atoms with Crippen molar-refractivity contribution in [2.45, 2.75) is 45.2 Å². The minimum atomic E-state index is 0.0138. The van der Waals surface area contributed by atoms with Crippen LogP contribution >= 0.6 is 0 Å². The van der Waals surface area contributed by atoms with Gasteiger partial charge in [-0.3, -0.25) is 4.79 Å². The Bertz CT molecular complexity index is 391. The van der Waals surface area contributed by atoms with Gasteiger partial charge in [0.25, 0.3) is 0 Å². The molecule has 1 aromatic rings. The molecule has 18 heavy (non-hydrogen) atoms. The van der Waals surface area contributed by atoms with Gasteiger partial charge in [-0.25, -0.2) is 0 Å². The minimum absolute atomic E-state index is 0.0138. The van der Waals surface area contributed by atoms with Gasteiger partial charge in [-0.2, -0.15) is 0 Å². The Morgan fingerprint density at radius 3 is 2.67 bits per heavy atom.